The maximum Gasteiger partial charge on any atom is 0.225 e. The van der Waals surface area contributed by atoms with E-state index in [9.17, 15) is 9.59 Å². The lowest BCUT2D eigenvalue weighted by Gasteiger charge is -2.08. The monoisotopic (exact) mass is 285 g/mol. The number of rotatable bonds is 5. The molecule has 0 heterocycles. The fourth-order valence-corrected chi connectivity index (χ4v) is 1.44. The number of carbonyl (C=O) groups excluding carboxylic acids is 2. The van der Waals surface area contributed by atoms with Crippen LogP contribution in [0.25, 0.3) is 0 Å². The third kappa shape index (κ3) is 7.43. The predicted molar refractivity (Wildman–Crippen MR) is 78.1 cm³/mol. The van der Waals surface area contributed by atoms with Crippen LogP contribution >= 0.6 is 12.4 Å². The van der Waals surface area contributed by atoms with Gasteiger partial charge >= 0.3 is 0 Å². The van der Waals surface area contributed by atoms with Gasteiger partial charge in [-0.25, -0.2) is 0 Å². The van der Waals surface area contributed by atoms with Crippen LogP contribution in [0.5, 0.6) is 0 Å². The van der Waals surface area contributed by atoms with E-state index in [2.05, 4.69) is 10.6 Å². The summed E-state index contributed by atoms with van der Waals surface area (Å²) >= 11 is 0. The molecule has 0 aromatic heterocycles. The van der Waals surface area contributed by atoms with Crippen LogP contribution in [0.2, 0.25) is 0 Å². The lowest BCUT2D eigenvalue weighted by molar-refractivity contribution is -0.119. The molecule has 19 heavy (non-hydrogen) atoms. The van der Waals surface area contributed by atoms with Crippen LogP contribution in [0, 0.1) is 0 Å². The van der Waals surface area contributed by atoms with Crippen LogP contribution in [-0.2, 0) is 16.1 Å². The first kappa shape index (κ1) is 17.4. The highest BCUT2D eigenvalue weighted by Crippen LogP contribution is 2.10. The van der Waals surface area contributed by atoms with Crippen LogP contribution in [0.4, 0.5) is 5.69 Å². The summed E-state index contributed by atoms with van der Waals surface area (Å²) in [7, 11) is 0. The minimum atomic E-state index is -0.149. The fraction of sp³-hybridized carbons (Fsp3) is 0.385. The van der Waals surface area contributed by atoms with Gasteiger partial charge in [0.25, 0.3) is 0 Å². The highest BCUT2D eigenvalue weighted by molar-refractivity contribution is 5.91. The van der Waals surface area contributed by atoms with Gasteiger partial charge in [0.05, 0.1) is 0 Å². The summed E-state index contributed by atoms with van der Waals surface area (Å²) in [4.78, 5) is 22.2. The van der Waals surface area contributed by atoms with Gasteiger partial charge in [-0.3, -0.25) is 9.59 Å². The molecule has 0 aliphatic carbocycles. The van der Waals surface area contributed by atoms with Gasteiger partial charge in [-0.2, -0.15) is 0 Å². The number of anilines is 1. The van der Waals surface area contributed by atoms with Gasteiger partial charge < -0.3 is 16.4 Å². The van der Waals surface area contributed by atoms with Crippen LogP contribution in [0.1, 0.15) is 25.8 Å². The van der Waals surface area contributed by atoms with Gasteiger partial charge in [-0.15, -0.1) is 12.4 Å². The molecule has 0 radical (unpaired) electrons. The molecule has 0 aliphatic rings. The van der Waals surface area contributed by atoms with Gasteiger partial charge in [0.1, 0.15) is 0 Å². The summed E-state index contributed by atoms with van der Waals surface area (Å²) in [6.07, 6.45) is 0.299. The van der Waals surface area contributed by atoms with Crippen molar-refractivity contribution >= 4 is 29.9 Å². The molecule has 4 N–H and O–H groups in total. The molecule has 1 atom stereocenters. The van der Waals surface area contributed by atoms with Crippen molar-refractivity contribution in [3.63, 3.8) is 0 Å². The van der Waals surface area contributed by atoms with Crippen molar-refractivity contribution in [2.24, 2.45) is 5.73 Å². The third-order valence-electron chi connectivity index (χ3n) is 2.29. The van der Waals surface area contributed by atoms with Crippen molar-refractivity contribution in [2.45, 2.75) is 32.9 Å². The molecule has 106 valence electrons. The van der Waals surface area contributed by atoms with Gasteiger partial charge in [0.2, 0.25) is 11.8 Å². The number of nitrogens with one attached hydrogen (secondary N) is 2. The second kappa shape index (κ2) is 8.50. The summed E-state index contributed by atoms with van der Waals surface area (Å²) < 4.78 is 0. The summed E-state index contributed by atoms with van der Waals surface area (Å²) in [5, 5.41) is 5.46. The van der Waals surface area contributed by atoms with E-state index in [1.807, 2.05) is 12.1 Å². The molecule has 1 aromatic carbocycles. The Morgan fingerprint density at radius 2 is 1.84 bits per heavy atom. The van der Waals surface area contributed by atoms with Crippen molar-refractivity contribution in [2.75, 3.05) is 5.32 Å². The van der Waals surface area contributed by atoms with Crippen LogP contribution in [-0.4, -0.2) is 17.9 Å². The molecule has 0 spiro atoms. The standard InChI is InChI=1S/C13H19N3O2.ClH/c1-9(14)7-13(18)16-12-5-3-11(4-6-12)8-15-10(2)17;/h3-6,9H,7-8,14H2,1-2H3,(H,15,17)(H,16,18);1H. The summed E-state index contributed by atoms with van der Waals surface area (Å²) in [5.74, 6) is -0.163. The van der Waals surface area contributed by atoms with E-state index >= 15 is 0 Å². The van der Waals surface area contributed by atoms with E-state index in [1.54, 1.807) is 19.1 Å². The minimum Gasteiger partial charge on any atom is -0.352 e. The second-order valence-corrected chi connectivity index (χ2v) is 4.34. The molecule has 1 unspecified atom stereocenters. The van der Waals surface area contributed by atoms with Crippen molar-refractivity contribution in [3.8, 4) is 0 Å². The fourth-order valence-electron chi connectivity index (χ4n) is 1.44. The van der Waals surface area contributed by atoms with Gasteiger partial charge in [0, 0.05) is 31.6 Å². The molecular weight excluding hydrogens is 266 g/mol. The van der Waals surface area contributed by atoms with Crippen molar-refractivity contribution in [3.05, 3.63) is 29.8 Å². The summed E-state index contributed by atoms with van der Waals surface area (Å²) in [6.45, 7) is 3.75. The smallest absolute Gasteiger partial charge is 0.225 e. The van der Waals surface area contributed by atoms with Gasteiger partial charge in [0.15, 0.2) is 0 Å². The molecule has 0 saturated carbocycles. The van der Waals surface area contributed by atoms with E-state index < -0.39 is 0 Å². The Balaban J connectivity index is 0.00000324. The minimum absolute atomic E-state index is 0. The lowest BCUT2D eigenvalue weighted by Crippen LogP contribution is -2.24. The normalized spacial score (nSPS) is 11.1. The zero-order chi connectivity index (χ0) is 13.5. The number of amides is 2. The van der Waals surface area contributed by atoms with E-state index in [4.69, 9.17) is 5.73 Å². The second-order valence-electron chi connectivity index (χ2n) is 4.34. The maximum absolute atomic E-state index is 11.5. The first-order valence-corrected chi connectivity index (χ1v) is 5.86. The van der Waals surface area contributed by atoms with Gasteiger partial charge in [-0.05, 0) is 24.6 Å². The highest BCUT2D eigenvalue weighted by Gasteiger charge is 2.05. The highest BCUT2D eigenvalue weighted by atomic mass is 35.5. The number of hydrogen-bond donors (Lipinski definition) is 3. The van der Waals surface area contributed by atoms with E-state index in [0.717, 1.165) is 11.3 Å². The van der Waals surface area contributed by atoms with E-state index in [1.165, 1.54) is 6.92 Å². The number of nitrogens with two attached hydrogens (primary N) is 1. The average Bonchev–Trinajstić information content (AvgIpc) is 2.26. The first-order valence-electron chi connectivity index (χ1n) is 5.86. The molecule has 6 heteroatoms. The zero-order valence-electron chi connectivity index (χ0n) is 11.1. The molecule has 1 rings (SSSR count). The molecule has 2 amide bonds. The van der Waals surface area contributed by atoms with E-state index in [0.29, 0.717) is 13.0 Å². The van der Waals surface area contributed by atoms with Crippen LogP contribution < -0.4 is 16.4 Å². The van der Waals surface area contributed by atoms with Crippen LogP contribution in [0.15, 0.2) is 24.3 Å². The maximum atomic E-state index is 11.5. The Hall–Kier alpha value is -1.59. The predicted octanol–water partition coefficient (Wildman–Crippen LogP) is 1.42. The third-order valence-corrected chi connectivity index (χ3v) is 2.29. The first-order chi connectivity index (χ1) is 8.47. The molecular formula is C13H20ClN3O2. The van der Waals surface area contributed by atoms with Gasteiger partial charge in [-0.1, -0.05) is 12.1 Å². The molecule has 0 saturated heterocycles. The zero-order valence-corrected chi connectivity index (χ0v) is 11.9. The Kier molecular flexibility index (Phi) is 7.79. The Morgan fingerprint density at radius 3 is 2.32 bits per heavy atom. The summed E-state index contributed by atoms with van der Waals surface area (Å²) in [5.41, 5.74) is 7.25. The SMILES string of the molecule is CC(=O)NCc1ccc(NC(=O)CC(C)N)cc1.Cl. The Morgan fingerprint density at radius 1 is 1.26 bits per heavy atom. The summed E-state index contributed by atoms with van der Waals surface area (Å²) in [6, 6.07) is 7.17. The van der Waals surface area contributed by atoms with Crippen molar-refractivity contribution in [1.82, 2.24) is 5.32 Å². The molecule has 1 aromatic rings. The number of hydrogen-bond acceptors (Lipinski definition) is 3. The molecule has 0 bridgehead atoms. The number of halogens is 1. The number of carbonyl (C=O) groups is 2. The molecule has 0 fully saturated rings. The molecule has 5 nitrogen and oxygen atoms in total. The van der Waals surface area contributed by atoms with Crippen molar-refractivity contribution in [1.29, 1.82) is 0 Å². The lowest BCUT2D eigenvalue weighted by atomic mass is 10.2. The quantitative estimate of drug-likeness (QED) is 0.765. The Bertz CT molecular complexity index is 418. The average molecular weight is 286 g/mol. The van der Waals surface area contributed by atoms with Crippen molar-refractivity contribution < 1.29 is 9.59 Å². The molecule has 0 aliphatic heterocycles. The topological polar surface area (TPSA) is 84.2 Å². The number of benzene rings is 1. The Labute approximate surface area is 119 Å². The largest absolute Gasteiger partial charge is 0.352 e. The van der Waals surface area contributed by atoms with Crippen LogP contribution in [0.3, 0.4) is 0 Å². The van der Waals surface area contributed by atoms with E-state index in [-0.39, 0.29) is 30.3 Å².